The molecule has 1 fully saturated rings. The fourth-order valence-electron chi connectivity index (χ4n) is 2.85. The number of aromatic nitrogens is 1. The summed E-state index contributed by atoms with van der Waals surface area (Å²) in [5.74, 6) is 0.805. The zero-order valence-electron chi connectivity index (χ0n) is 14.0. The van der Waals surface area contributed by atoms with Crippen molar-refractivity contribution in [2.24, 2.45) is 0 Å². The van der Waals surface area contributed by atoms with Gasteiger partial charge in [-0.05, 0) is 23.6 Å². The van der Waals surface area contributed by atoms with Gasteiger partial charge in [-0.1, -0.05) is 30.3 Å². The van der Waals surface area contributed by atoms with Gasteiger partial charge in [-0.2, -0.15) is 5.26 Å². The van der Waals surface area contributed by atoms with Gasteiger partial charge in [-0.25, -0.2) is 4.98 Å². The number of amides is 1. The van der Waals surface area contributed by atoms with E-state index < -0.39 is 0 Å². The standard InChI is InChI=1S/C14H12N2O.C5H8N2O/c17-10-16-7-6-12-8-13(9-15-14(12)16)11-4-2-1-3-5-11;6-5-7-1-3-8-4-2-7/h1-5,8-10H,6-7H2;1-4H2. The van der Waals surface area contributed by atoms with Gasteiger partial charge in [0.2, 0.25) is 6.41 Å². The lowest BCUT2D eigenvalue weighted by molar-refractivity contribution is -0.107. The number of nitrogens with zero attached hydrogens (tertiary/aromatic N) is 4. The average molecular weight is 336 g/mol. The number of rotatable bonds is 2. The topological polar surface area (TPSA) is 69.5 Å². The van der Waals surface area contributed by atoms with Crippen molar-refractivity contribution in [1.82, 2.24) is 9.88 Å². The molecule has 6 heteroatoms. The van der Waals surface area contributed by atoms with Crippen LogP contribution < -0.4 is 4.90 Å². The first-order valence-electron chi connectivity index (χ1n) is 8.30. The van der Waals surface area contributed by atoms with Crippen LogP contribution in [0.5, 0.6) is 0 Å². The van der Waals surface area contributed by atoms with Crippen LogP contribution in [-0.2, 0) is 16.0 Å². The normalized spacial score (nSPS) is 15.6. The molecule has 1 amide bonds. The lowest BCUT2D eigenvalue weighted by Gasteiger charge is -2.20. The highest BCUT2D eigenvalue weighted by molar-refractivity contribution is 5.78. The van der Waals surface area contributed by atoms with Gasteiger partial charge in [0.05, 0.1) is 26.3 Å². The Bertz CT molecular complexity index is 752. The van der Waals surface area contributed by atoms with E-state index in [-0.39, 0.29) is 0 Å². The lowest BCUT2D eigenvalue weighted by Crippen LogP contribution is -2.32. The Balaban J connectivity index is 0.000000192. The van der Waals surface area contributed by atoms with Crippen LogP contribution >= 0.6 is 0 Å². The maximum absolute atomic E-state index is 10.8. The second kappa shape index (κ2) is 8.27. The number of hydrogen-bond acceptors (Lipinski definition) is 5. The second-order valence-corrected chi connectivity index (χ2v) is 5.82. The second-order valence-electron chi connectivity index (χ2n) is 5.82. The molecule has 0 saturated carbocycles. The van der Waals surface area contributed by atoms with Crippen LogP contribution in [0.2, 0.25) is 0 Å². The number of benzene rings is 1. The summed E-state index contributed by atoms with van der Waals surface area (Å²) in [5.41, 5.74) is 3.42. The van der Waals surface area contributed by atoms with Crippen molar-refractivity contribution in [3.05, 3.63) is 48.2 Å². The predicted octanol–water partition coefficient (Wildman–Crippen LogP) is 2.07. The molecule has 1 saturated heterocycles. The number of hydrogen-bond donors (Lipinski definition) is 0. The van der Waals surface area contributed by atoms with E-state index in [1.165, 1.54) is 0 Å². The van der Waals surface area contributed by atoms with E-state index in [1.807, 2.05) is 24.4 Å². The van der Waals surface area contributed by atoms with Gasteiger partial charge in [0, 0.05) is 18.3 Å². The molecule has 1 aromatic heterocycles. The fraction of sp³-hybridized carbons (Fsp3) is 0.316. The van der Waals surface area contributed by atoms with Crippen LogP contribution in [0.4, 0.5) is 5.82 Å². The van der Waals surface area contributed by atoms with Crippen molar-refractivity contribution in [2.45, 2.75) is 6.42 Å². The number of nitriles is 1. The first-order valence-corrected chi connectivity index (χ1v) is 8.30. The third-order valence-electron chi connectivity index (χ3n) is 4.22. The zero-order valence-corrected chi connectivity index (χ0v) is 14.0. The highest BCUT2D eigenvalue weighted by atomic mass is 16.5. The molecule has 1 aromatic carbocycles. The van der Waals surface area contributed by atoms with Gasteiger partial charge in [0.1, 0.15) is 5.82 Å². The minimum atomic E-state index is 0.702. The minimum absolute atomic E-state index is 0.702. The Labute approximate surface area is 147 Å². The quantitative estimate of drug-likeness (QED) is 0.620. The third kappa shape index (κ3) is 4.14. The highest BCUT2D eigenvalue weighted by Gasteiger charge is 2.20. The molecule has 0 radical (unpaired) electrons. The third-order valence-corrected chi connectivity index (χ3v) is 4.22. The molecule has 0 spiro atoms. The molecule has 0 bridgehead atoms. The van der Waals surface area contributed by atoms with Crippen LogP contribution in [-0.4, -0.2) is 49.1 Å². The number of carbonyl (C=O) groups excluding carboxylic acids is 1. The summed E-state index contributed by atoms with van der Waals surface area (Å²) in [4.78, 5) is 18.5. The van der Waals surface area contributed by atoms with Gasteiger partial charge < -0.3 is 9.64 Å². The smallest absolute Gasteiger partial charge is 0.215 e. The van der Waals surface area contributed by atoms with Crippen LogP contribution in [0.3, 0.4) is 0 Å². The number of morpholine rings is 1. The van der Waals surface area contributed by atoms with E-state index in [9.17, 15) is 4.79 Å². The van der Waals surface area contributed by atoms with E-state index in [1.54, 1.807) is 9.80 Å². The first-order chi connectivity index (χ1) is 12.3. The summed E-state index contributed by atoms with van der Waals surface area (Å²) in [5, 5.41) is 8.31. The molecule has 6 nitrogen and oxygen atoms in total. The summed E-state index contributed by atoms with van der Waals surface area (Å²) in [6.45, 7) is 3.66. The number of anilines is 1. The van der Waals surface area contributed by atoms with Crippen molar-refractivity contribution in [3.8, 4) is 17.3 Å². The number of ether oxygens (including phenoxy) is 1. The monoisotopic (exact) mass is 336 g/mol. The summed E-state index contributed by atoms with van der Waals surface area (Å²) < 4.78 is 5.01. The van der Waals surface area contributed by atoms with Crippen LogP contribution in [0, 0.1) is 11.5 Å². The summed E-state index contributed by atoms with van der Waals surface area (Å²) in [7, 11) is 0. The first kappa shape index (κ1) is 16.9. The van der Waals surface area contributed by atoms with Gasteiger partial charge in [0.25, 0.3) is 0 Å². The Hall–Kier alpha value is -2.91. The van der Waals surface area contributed by atoms with Gasteiger partial charge in [0.15, 0.2) is 6.19 Å². The molecule has 4 rings (SSSR count). The Morgan fingerprint density at radius 3 is 2.52 bits per heavy atom. The Morgan fingerprint density at radius 1 is 1.12 bits per heavy atom. The van der Waals surface area contributed by atoms with E-state index in [2.05, 4.69) is 29.4 Å². The molecule has 3 heterocycles. The molecular weight excluding hydrogens is 316 g/mol. The molecule has 2 aliphatic heterocycles. The van der Waals surface area contributed by atoms with Gasteiger partial charge in [-0.15, -0.1) is 0 Å². The summed E-state index contributed by atoms with van der Waals surface area (Å²) in [6.07, 6.45) is 5.63. The van der Waals surface area contributed by atoms with Crippen molar-refractivity contribution >= 4 is 12.2 Å². The minimum Gasteiger partial charge on any atom is -0.378 e. The summed E-state index contributed by atoms with van der Waals surface area (Å²) in [6, 6.07) is 12.3. The van der Waals surface area contributed by atoms with Crippen LogP contribution in [0.25, 0.3) is 11.1 Å². The van der Waals surface area contributed by atoms with Gasteiger partial charge >= 0.3 is 0 Å². The van der Waals surface area contributed by atoms with Crippen molar-refractivity contribution in [2.75, 3.05) is 37.7 Å². The SMILES string of the molecule is N#CN1CCOCC1.O=CN1CCc2cc(-c3ccccc3)cnc21. The molecular formula is C19H20N4O2. The van der Waals surface area contributed by atoms with E-state index >= 15 is 0 Å². The maximum atomic E-state index is 10.8. The van der Waals surface area contributed by atoms with E-state index in [0.29, 0.717) is 13.2 Å². The van der Waals surface area contributed by atoms with Crippen LogP contribution in [0.1, 0.15) is 5.56 Å². The lowest BCUT2D eigenvalue weighted by atomic mass is 10.1. The molecule has 0 N–H and O–H groups in total. The van der Waals surface area contributed by atoms with Crippen molar-refractivity contribution in [1.29, 1.82) is 5.26 Å². The number of carbonyl (C=O) groups is 1. The molecule has 2 aliphatic rings. The predicted molar refractivity (Wildman–Crippen MR) is 94.8 cm³/mol. The van der Waals surface area contributed by atoms with Crippen molar-refractivity contribution < 1.29 is 9.53 Å². The van der Waals surface area contributed by atoms with E-state index in [0.717, 1.165) is 55.0 Å². The fourth-order valence-corrected chi connectivity index (χ4v) is 2.85. The maximum Gasteiger partial charge on any atom is 0.215 e. The van der Waals surface area contributed by atoms with Crippen molar-refractivity contribution in [3.63, 3.8) is 0 Å². The molecule has 128 valence electrons. The molecule has 2 aromatic rings. The average Bonchev–Trinajstić information content (AvgIpc) is 3.12. The zero-order chi connectivity index (χ0) is 17.5. The Morgan fingerprint density at radius 2 is 1.88 bits per heavy atom. The Kier molecular flexibility index (Phi) is 5.60. The van der Waals surface area contributed by atoms with E-state index in [4.69, 9.17) is 10.00 Å². The largest absolute Gasteiger partial charge is 0.378 e. The number of fused-ring (bicyclic) bond motifs is 1. The molecule has 25 heavy (non-hydrogen) atoms. The molecule has 0 unspecified atom stereocenters. The highest BCUT2D eigenvalue weighted by Crippen LogP contribution is 2.28. The number of pyridine rings is 1. The molecule has 0 aliphatic carbocycles. The van der Waals surface area contributed by atoms with Crippen LogP contribution in [0.15, 0.2) is 42.6 Å². The summed E-state index contributed by atoms with van der Waals surface area (Å²) >= 11 is 0. The molecule has 0 atom stereocenters. The van der Waals surface area contributed by atoms with Gasteiger partial charge in [-0.3, -0.25) is 9.69 Å².